The van der Waals surface area contributed by atoms with Crippen molar-refractivity contribution in [2.45, 2.75) is 25.3 Å². The Hall–Kier alpha value is -0.540. The predicted octanol–water partition coefficient (Wildman–Crippen LogP) is 3.38. The van der Waals surface area contributed by atoms with Crippen LogP contribution in [0.25, 0.3) is 0 Å². The highest BCUT2D eigenvalue weighted by Crippen LogP contribution is 2.35. The number of benzene rings is 1. The fourth-order valence-electron chi connectivity index (χ4n) is 1.33. The van der Waals surface area contributed by atoms with E-state index in [9.17, 15) is 4.79 Å². The van der Waals surface area contributed by atoms with Gasteiger partial charge in [-0.1, -0.05) is 27.5 Å². The van der Waals surface area contributed by atoms with Gasteiger partial charge in [-0.05, 0) is 38.0 Å². The largest absolute Gasteiger partial charge is 0.347 e. The van der Waals surface area contributed by atoms with Gasteiger partial charge in [0.1, 0.15) is 0 Å². The smallest absolute Gasteiger partial charge is 0.253 e. The van der Waals surface area contributed by atoms with E-state index in [0.29, 0.717) is 10.6 Å². The number of carbonyl (C=O) groups excluding carboxylic acids is 1. The van der Waals surface area contributed by atoms with Crippen molar-refractivity contribution in [3.05, 3.63) is 33.3 Å². The van der Waals surface area contributed by atoms with Crippen LogP contribution in [0.15, 0.2) is 22.7 Å². The molecular weight excluding hydrogens is 277 g/mol. The molecule has 4 heteroatoms. The first-order chi connectivity index (χ1) is 7.00. The van der Waals surface area contributed by atoms with Gasteiger partial charge in [0.2, 0.25) is 0 Å². The highest BCUT2D eigenvalue weighted by atomic mass is 79.9. The zero-order valence-corrected chi connectivity index (χ0v) is 10.7. The molecule has 1 aliphatic carbocycles. The van der Waals surface area contributed by atoms with Crippen LogP contribution in [0.5, 0.6) is 0 Å². The van der Waals surface area contributed by atoms with Gasteiger partial charge in [-0.15, -0.1) is 0 Å². The zero-order chi connectivity index (χ0) is 11.1. The lowest BCUT2D eigenvalue weighted by atomic mass is 10.2. The minimum absolute atomic E-state index is 0.0112. The summed E-state index contributed by atoms with van der Waals surface area (Å²) in [6.45, 7) is 2.04. The Morgan fingerprint density at radius 2 is 2.20 bits per heavy atom. The van der Waals surface area contributed by atoms with Crippen molar-refractivity contribution in [2.75, 3.05) is 0 Å². The van der Waals surface area contributed by atoms with Crippen molar-refractivity contribution in [2.24, 2.45) is 0 Å². The average Bonchev–Trinajstić information content (AvgIpc) is 2.87. The Balaban J connectivity index is 2.21. The Bertz CT molecular complexity index is 415. The molecule has 0 aliphatic heterocycles. The molecule has 0 bridgehead atoms. The number of amides is 1. The molecule has 0 radical (unpaired) electrons. The Morgan fingerprint density at radius 3 is 2.80 bits per heavy atom. The van der Waals surface area contributed by atoms with Crippen LogP contribution in [0, 0.1) is 0 Å². The first-order valence-corrected chi connectivity index (χ1v) is 5.95. The lowest BCUT2D eigenvalue weighted by molar-refractivity contribution is 0.0935. The third-order valence-corrected chi connectivity index (χ3v) is 3.41. The lowest BCUT2D eigenvalue weighted by Gasteiger charge is -2.12. The first-order valence-electron chi connectivity index (χ1n) is 4.78. The summed E-state index contributed by atoms with van der Waals surface area (Å²) in [6, 6.07) is 5.27. The molecule has 1 aromatic rings. The van der Waals surface area contributed by atoms with Crippen molar-refractivity contribution in [1.29, 1.82) is 0 Å². The predicted molar refractivity (Wildman–Crippen MR) is 64.3 cm³/mol. The second-order valence-corrected chi connectivity index (χ2v) is 5.46. The van der Waals surface area contributed by atoms with Gasteiger partial charge in [-0.25, -0.2) is 0 Å². The van der Waals surface area contributed by atoms with Crippen LogP contribution in [-0.2, 0) is 0 Å². The minimum atomic E-state index is -0.0960. The molecule has 0 spiro atoms. The van der Waals surface area contributed by atoms with Crippen LogP contribution in [0.4, 0.5) is 0 Å². The second kappa shape index (κ2) is 3.80. The fourth-order valence-corrected chi connectivity index (χ4v) is 1.89. The summed E-state index contributed by atoms with van der Waals surface area (Å²) >= 11 is 9.28. The summed E-state index contributed by atoms with van der Waals surface area (Å²) in [5.41, 5.74) is 0.516. The first kappa shape index (κ1) is 11.0. The number of halogens is 2. The highest BCUT2D eigenvalue weighted by molar-refractivity contribution is 9.10. The van der Waals surface area contributed by atoms with E-state index in [2.05, 4.69) is 21.2 Å². The summed E-state index contributed by atoms with van der Waals surface area (Å²) in [7, 11) is 0. The molecule has 1 fully saturated rings. The van der Waals surface area contributed by atoms with Gasteiger partial charge in [0.15, 0.2) is 0 Å². The van der Waals surface area contributed by atoms with E-state index in [4.69, 9.17) is 11.6 Å². The molecule has 1 aliphatic rings. The van der Waals surface area contributed by atoms with E-state index in [1.165, 1.54) is 0 Å². The molecule has 15 heavy (non-hydrogen) atoms. The molecule has 0 saturated heterocycles. The quantitative estimate of drug-likeness (QED) is 0.888. The minimum Gasteiger partial charge on any atom is -0.347 e. The number of nitrogens with one attached hydrogen (secondary N) is 1. The van der Waals surface area contributed by atoms with Gasteiger partial charge < -0.3 is 5.32 Å². The van der Waals surface area contributed by atoms with Gasteiger partial charge in [-0.2, -0.15) is 0 Å². The highest BCUT2D eigenvalue weighted by Gasteiger charge is 2.39. The zero-order valence-electron chi connectivity index (χ0n) is 8.31. The molecule has 1 N–H and O–H groups in total. The third-order valence-electron chi connectivity index (χ3n) is 2.59. The second-order valence-electron chi connectivity index (χ2n) is 4.14. The van der Waals surface area contributed by atoms with Gasteiger partial charge in [-0.3, -0.25) is 4.79 Å². The van der Waals surface area contributed by atoms with E-state index in [0.717, 1.165) is 17.3 Å². The van der Waals surface area contributed by atoms with Gasteiger partial charge in [0, 0.05) is 10.0 Å². The number of hydrogen-bond acceptors (Lipinski definition) is 1. The van der Waals surface area contributed by atoms with Gasteiger partial charge in [0.25, 0.3) is 5.91 Å². The average molecular weight is 289 g/mol. The molecule has 1 aromatic carbocycles. The molecule has 0 atom stereocenters. The van der Waals surface area contributed by atoms with Crippen molar-refractivity contribution < 1.29 is 4.79 Å². The molecule has 2 nitrogen and oxygen atoms in total. The number of hydrogen-bond donors (Lipinski definition) is 1. The molecule has 0 unspecified atom stereocenters. The molecule has 1 saturated carbocycles. The topological polar surface area (TPSA) is 29.1 Å². The SMILES string of the molecule is CC1(NC(=O)c2cc(Br)ccc2Cl)CC1. The van der Waals surface area contributed by atoms with E-state index >= 15 is 0 Å². The van der Waals surface area contributed by atoms with E-state index < -0.39 is 0 Å². The maximum Gasteiger partial charge on any atom is 0.253 e. The summed E-state index contributed by atoms with van der Waals surface area (Å²) in [5.74, 6) is -0.0960. The lowest BCUT2D eigenvalue weighted by Crippen LogP contribution is -2.34. The fraction of sp³-hybridized carbons (Fsp3) is 0.364. The normalized spacial score (nSPS) is 17.3. The van der Waals surface area contributed by atoms with Gasteiger partial charge in [0.05, 0.1) is 10.6 Å². The van der Waals surface area contributed by atoms with E-state index in [1.54, 1.807) is 12.1 Å². The summed E-state index contributed by atoms with van der Waals surface area (Å²) in [6.07, 6.45) is 2.09. The van der Waals surface area contributed by atoms with Crippen molar-refractivity contribution in [1.82, 2.24) is 5.32 Å². The molecule has 2 rings (SSSR count). The van der Waals surface area contributed by atoms with Crippen LogP contribution in [0.3, 0.4) is 0 Å². The standard InChI is InChI=1S/C11H11BrClNO/c1-11(4-5-11)14-10(15)8-6-7(12)2-3-9(8)13/h2-3,6H,4-5H2,1H3,(H,14,15). The van der Waals surface area contributed by atoms with Crippen LogP contribution < -0.4 is 5.32 Å². The molecule has 0 heterocycles. The van der Waals surface area contributed by atoms with Crippen LogP contribution >= 0.6 is 27.5 Å². The molecule has 1 amide bonds. The Labute approximate surface area is 102 Å². The maximum atomic E-state index is 11.9. The Kier molecular flexibility index (Phi) is 2.77. The molecule has 0 aromatic heterocycles. The molecular formula is C11H11BrClNO. The third kappa shape index (κ3) is 2.52. The summed E-state index contributed by atoms with van der Waals surface area (Å²) in [5, 5.41) is 3.46. The number of rotatable bonds is 2. The summed E-state index contributed by atoms with van der Waals surface area (Å²) in [4.78, 5) is 11.9. The maximum absolute atomic E-state index is 11.9. The Morgan fingerprint density at radius 1 is 1.53 bits per heavy atom. The van der Waals surface area contributed by atoms with E-state index in [1.807, 2.05) is 13.0 Å². The van der Waals surface area contributed by atoms with Gasteiger partial charge >= 0.3 is 0 Å². The van der Waals surface area contributed by atoms with Crippen LogP contribution in [0.2, 0.25) is 5.02 Å². The van der Waals surface area contributed by atoms with Crippen molar-refractivity contribution in [3.63, 3.8) is 0 Å². The van der Waals surface area contributed by atoms with E-state index in [-0.39, 0.29) is 11.4 Å². The van der Waals surface area contributed by atoms with Crippen molar-refractivity contribution in [3.8, 4) is 0 Å². The van der Waals surface area contributed by atoms with Crippen LogP contribution in [-0.4, -0.2) is 11.4 Å². The molecule has 80 valence electrons. The number of carbonyl (C=O) groups is 1. The van der Waals surface area contributed by atoms with Crippen LogP contribution in [0.1, 0.15) is 30.1 Å². The van der Waals surface area contributed by atoms with Crippen molar-refractivity contribution >= 4 is 33.4 Å². The monoisotopic (exact) mass is 287 g/mol. The summed E-state index contributed by atoms with van der Waals surface area (Å²) < 4.78 is 0.859.